The van der Waals surface area contributed by atoms with Crippen LogP contribution in [0.5, 0.6) is 0 Å². The molecule has 206 valence electrons. The summed E-state index contributed by atoms with van der Waals surface area (Å²) in [6.07, 6.45) is 5.86. The lowest BCUT2D eigenvalue weighted by atomic mass is 9.96. The standard InChI is InChI=1S/C29H29FN6O3S/c1-36-11-3-4-23(36)17-8-10-27(31-15-17)32-22-14-20(34-35-28(22)38)16-7-9-19(30)21(12-16)33-29(39)26-13-18-24(37)5-2-6-25(18)40-26/h7-10,12-15,23-24,37H,2-6,11H2,1H3,(H,33,39)(H,35,38)(H,31,32,34)/t23-,24?/m1/s1. The number of hydrogen-bond donors (Lipinski definition) is 4. The molecule has 0 saturated carbocycles. The Bertz CT molecular complexity index is 1620. The number of nitrogens with one attached hydrogen (secondary N) is 3. The molecule has 1 amide bonds. The lowest BCUT2D eigenvalue weighted by Crippen LogP contribution is -2.17. The SMILES string of the molecule is CN1CCC[C@@H]1c1ccc(Nc2cc(-c3ccc(F)c(NC(=O)c4cc5c(s4)CCCC5O)c3)n[nH]c2=O)nc1. The summed E-state index contributed by atoms with van der Waals surface area (Å²) >= 11 is 1.32. The quantitative estimate of drug-likeness (QED) is 0.257. The normalized spacial score (nSPS) is 18.9. The number of halogens is 1. The molecule has 1 fully saturated rings. The number of fused-ring (bicyclic) bond motifs is 1. The number of H-pyrrole nitrogens is 1. The number of thiophene rings is 1. The monoisotopic (exact) mass is 560 g/mol. The van der Waals surface area contributed by atoms with Gasteiger partial charge in [-0.1, -0.05) is 6.07 Å². The Labute approximate surface area is 234 Å². The highest BCUT2D eigenvalue weighted by atomic mass is 32.1. The van der Waals surface area contributed by atoms with Crippen molar-refractivity contribution in [3.8, 4) is 11.3 Å². The fourth-order valence-corrected chi connectivity index (χ4v) is 6.55. The summed E-state index contributed by atoms with van der Waals surface area (Å²) in [7, 11) is 2.11. The Balaban J connectivity index is 1.21. The number of pyridine rings is 1. The van der Waals surface area contributed by atoms with E-state index in [1.165, 1.54) is 29.5 Å². The highest BCUT2D eigenvalue weighted by Crippen LogP contribution is 2.36. The molecule has 2 atom stereocenters. The molecule has 9 nitrogen and oxygen atoms in total. The van der Waals surface area contributed by atoms with E-state index in [1.54, 1.807) is 12.1 Å². The number of aliphatic hydroxyl groups is 1. The molecule has 1 saturated heterocycles. The number of carbonyl (C=O) groups excluding carboxylic acids is 1. The number of hydrogen-bond acceptors (Lipinski definition) is 8. The van der Waals surface area contributed by atoms with E-state index in [1.807, 2.05) is 18.3 Å². The summed E-state index contributed by atoms with van der Waals surface area (Å²) in [5.41, 5.74) is 2.61. The first-order chi connectivity index (χ1) is 19.4. The zero-order valence-corrected chi connectivity index (χ0v) is 22.7. The Morgan fingerprint density at radius 1 is 1.15 bits per heavy atom. The zero-order valence-electron chi connectivity index (χ0n) is 21.9. The maximum absolute atomic E-state index is 14.7. The summed E-state index contributed by atoms with van der Waals surface area (Å²) in [4.78, 5) is 33.6. The Kier molecular flexibility index (Phi) is 7.18. The summed E-state index contributed by atoms with van der Waals surface area (Å²) in [6, 6.07) is 11.7. The fourth-order valence-electron chi connectivity index (χ4n) is 5.40. The maximum Gasteiger partial charge on any atom is 0.287 e. The minimum atomic E-state index is -0.599. The van der Waals surface area contributed by atoms with Crippen LogP contribution < -0.4 is 16.2 Å². The van der Waals surface area contributed by atoms with Crippen molar-refractivity contribution >= 4 is 34.4 Å². The highest BCUT2D eigenvalue weighted by Gasteiger charge is 2.24. The molecule has 2 aliphatic rings. The van der Waals surface area contributed by atoms with Gasteiger partial charge in [-0.2, -0.15) is 5.10 Å². The second-order valence-electron chi connectivity index (χ2n) is 10.3. The van der Waals surface area contributed by atoms with Crippen molar-refractivity contribution in [1.82, 2.24) is 20.1 Å². The van der Waals surface area contributed by atoms with Crippen LogP contribution in [0.3, 0.4) is 0 Å². The van der Waals surface area contributed by atoms with Gasteiger partial charge in [-0.3, -0.25) is 14.5 Å². The summed E-state index contributed by atoms with van der Waals surface area (Å²) in [5, 5.41) is 22.5. The highest BCUT2D eigenvalue weighted by molar-refractivity contribution is 7.14. The molecule has 3 aromatic heterocycles. The van der Waals surface area contributed by atoms with Crippen molar-refractivity contribution in [3.63, 3.8) is 0 Å². The second kappa shape index (κ2) is 10.9. The third kappa shape index (κ3) is 5.27. The minimum absolute atomic E-state index is 0.00827. The molecule has 4 aromatic rings. The molecule has 11 heteroatoms. The van der Waals surface area contributed by atoms with Gasteiger partial charge in [-0.25, -0.2) is 14.5 Å². The van der Waals surface area contributed by atoms with Crippen molar-refractivity contribution in [2.24, 2.45) is 0 Å². The predicted octanol–water partition coefficient (Wildman–Crippen LogP) is 5.16. The molecule has 0 bridgehead atoms. The Morgan fingerprint density at radius 2 is 2.02 bits per heavy atom. The second-order valence-corrected chi connectivity index (χ2v) is 11.4. The number of likely N-dealkylation sites (tertiary alicyclic amines) is 1. The number of carbonyl (C=O) groups is 1. The van der Waals surface area contributed by atoms with Gasteiger partial charge >= 0.3 is 0 Å². The topological polar surface area (TPSA) is 123 Å². The molecule has 1 aliphatic carbocycles. The number of anilines is 3. The van der Waals surface area contributed by atoms with Gasteiger partial charge < -0.3 is 15.7 Å². The smallest absolute Gasteiger partial charge is 0.287 e. The number of aliphatic hydroxyl groups excluding tert-OH is 1. The fraction of sp³-hybridized carbons (Fsp3) is 0.310. The lowest BCUT2D eigenvalue weighted by Gasteiger charge is -2.19. The van der Waals surface area contributed by atoms with Crippen LogP contribution in [0.4, 0.5) is 21.6 Å². The first-order valence-electron chi connectivity index (χ1n) is 13.3. The number of aromatic nitrogens is 3. The van der Waals surface area contributed by atoms with Crippen molar-refractivity contribution in [1.29, 1.82) is 0 Å². The number of aromatic amines is 1. The Hall–Kier alpha value is -3.93. The first-order valence-corrected chi connectivity index (χ1v) is 14.1. The van der Waals surface area contributed by atoms with E-state index in [-0.39, 0.29) is 11.4 Å². The van der Waals surface area contributed by atoms with Crippen LogP contribution in [-0.2, 0) is 6.42 Å². The molecule has 1 aromatic carbocycles. The van der Waals surface area contributed by atoms with Gasteiger partial charge in [0, 0.05) is 22.7 Å². The summed E-state index contributed by atoms with van der Waals surface area (Å²) in [5.74, 6) is -0.529. The molecular formula is C29H29FN6O3S. The van der Waals surface area contributed by atoms with Crippen LogP contribution in [0, 0.1) is 5.82 Å². The van der Waals surface area contributed by atoms with E-state index in [4.69, 9.17) is 0 Å². The third-order valence-electron chi connectivity index (χ3n) is 7.57. The molecule has 0 spiro atoms. The van der Waals surface area contributed by atoms with E-state index >= 15 is 0 Å². The predicted molar refractivity (Wildman–Crippen MR) is 153 cm³/mol. The van der Waals surface area contributed by atoms with Crippen molar-refractivity contribution in [2.45, 2.75) is 44.2 Å². The number of benzene rings is 1. The van der Waals surface area contributed by atoms with E-state index < -0.39 is 23.4 Å². The molecule has 40 heavy (non-hydrogen) atoms. The average Bonchev–Trinajstić information content (AvgIpc) is 3.59. The van der Waals surface area contributed by atoms with Gasteiger partial charge in [0.05, 0.1) is 22.4 Å². The van der Waals surface area contributed by atoms with E-state index in [2.05, 4.69) is 37.8 Å². The van der Waals surface area contributed by atoms with Crippen LogP contribution in [-0.4, -0.2) is 44.7 Å². The summed E-state index contributed by atoms with van der Waals surface area (Å²) < 4.78 is 14.7. The van der Waals surface area contributed by atoms with Gasteiger partial charge in [-0.15, -0.1) is 11.3 Å². The van der Waals surface area contributed by atoms with Crippen LogP contribution in [0.25, 0.3) is 11.3 Å². The van der Waals surface area contributed by atoms with Crippen LogP contribution in [0.1, 0.15) is 63.5 Å². The van der Waals surface area contributed by atoms with E-state index in [0.29, 0.717) is 34.4 Å². The van der Waals surface area contributed by atoms with Gasteiger partial charge in [-0.05, 0) is 93.2 Å². The molecule has 4 N–H and O–H groups in total. The van der Waals surface area contributed by atoms with Crippen LogP contribution >= 0.6 is 11.3 Å². The molecule has 0 radical (unpaired) electrons. The number of nitrogens with zero attached hydrogens (tertiary/aromatic N) is 3. The van der Waals surface area contributed by atoms with Crippen molar-refractivity contribution < 1.29 is 14.3 Å². The third-order valence-corrected chi connectivity index (χ3v) is 8.78. The number of rotatable bonds is 6. The lowest BCUT2D eigenvalue weighted by molar-refractivity contribution is 0.103. The van der Waals surface area contributed by atoms with Crippen molar-refractivity contribution in [2.75, 3.05) is 24.2 Å². The molecule has 1 unspecified atom stereocenters. The zero-order chi connectivity index (χ0) is 27.8. The average molecular weight is 561 g/mol. The van der Waals surface area contributed by atoms with Crippen LogP contribution in [0.2, 0.25) is 0 Å². The Morgan fingerprint density at radius 3 is 2.77 bits per heavy atom. The summed E-state index contributed by atoms with van der Waals surface area (Å²) in [6.45, 7) is 1.06. The number of aryl methyl sites for hydroxylation is 1. The van der Waals surface area contributed by atoms with Gasteiger partial charge in [0.15, 0.2) is 0 Å². The van der Waals surface area contributed by atoms with Gasteiger partial charge in [0.25, 0.3) is 11.5 Å². The molecular weight excluding hydrogens is 531 g/mol. The molecule has 6 rings (SSSR count). The van der Waals surface area contributed by atoms with E-state index in [9.17, 15) is 19.1 Å². The first kappa shape index (κ1) is 26.3. The van der Waals surface area contributed by atoms with E-state index in [0.717, 1.165) is 48.2 Å². The van der Waals surface area contributed by atoms with Crippen molar-refractivity contribution in [3.05, 3.63) is 85.7 Å². The molecule has 1 aliphatic heterocycles. The molecule has 4 heterocycles. The van der Waals surface area contributed by atoms with Gasteiger partial charge in [0.2, 0.25) is 0 Å². The van der Waals surface area contributed by atoms with Gasteiger partial charge in [0.1, 0.15) is 17.3 Å². The largest absolute Gasteiger partial charge is 0.388 e. The van der Waals surface area contributed by atoms with Crippen LogP contribution in [0.15, 0.2) is 53.5 Å². The number of amides is 1. The minimum Gasteiger partial charge on any atom is -0.388 e. The maximum atomic E-state index is 14.7.